The van der Waals surface area contributed by atoms with Crippen molar-refractivity contribution < 1.29 is 13.2 Å². The lowest BCUT2D eigenvalue weighted by molar-refractivity contribution is 0.427. The topological polar surface area (TPSA) is 61.4 Å². The lowest BCUT2D eigenvalue weighted by atomic mass is 9.91. The first-order valence-electron chi connectivity index (χ1n) is 10.6. The molecule has 1 atom stereocenters. The van der Waals surface area contributed by atoms with Gasteiger partial charge in [-0.2, -0.15) is 5.10 Å². The molecule has 1 aliphatic heterocycles. The molecule has 5 rings (SSSR count). The van der Waals surface area contributed by atoms with E-state index < -0.39 is 17.5 Å². The van der Waals surface area contributed by atoms with Crippen LogP contribution in [-0.4, -0.2) is 29.3 Å². The molecule has 0 bridgehead atoms. The average molecular weight is 450 g/mol. The molecular weight excluding hydrogens is 429 g/mol. The van der Waals surface area contributed by atoms with Crippen molar-refractivity contribution in [1.82, 2.24) is 29.3 Å². The van der Waals surface area contributed by atoms with E-state index in [1.54, 1.807) is 23.3 Å². The highest BCUT2D eigenvalue weighted by molar-refractivity contribution is 5.65. The second-order valence-corrected chi connectivity index (χ2v) is 8.20. The number of halogens is 3. The first-order chi connectivity index (χ1) is 15.9. The van der Waals surface area contributed by atoms with Crippen LogP contribution in [0.5, 0.6) is 0 Å². The van der Waals surface area contributed by atoms with Gasteiger partial charge in [0, 0.05) is 18.7 Å². The molecule has 0 N–H and O–H groups in total. The molecule has 0 fully saturated rings. The number of hydrogen-bond acceptors (Lipinski definition) is 4. The van der Waals surface area contributed by atoms with Gasteiger partial charge >= 0.3 is 0 Å². The van der Waals surface area contributed by atoms with E-state index >= 15 is 0 Å². The molecule has 1 aliphatic rings. The predicted octanol–water partition coefficient (Wildman–Crippen LogP) is 4.99. The van der Waals surface area contributed by atoms with Crippen LogP contribution in [0.2, 0.25) is 0 Å². The number of hydrogen-bond donors (Lipinski definition) is 0. The monoisotopic (exact) mass is 450 g/mol. The van der Waals surface area contributed by atoms with E-state index in [0.717, 1.165) is 41.2 Å². The quantitative estimate of drug-likeness (QED) is 0.411. The van der Waals surface area contributed by atoms with Gasteiger partial charge in [-0.25, -0.2) is 27.8 Å². The van der Waals surface area contributed by atoms with Gasteiger partial charge in [0.1, 0.15) is 5.82 Å². The second-order valence-electron chi connectivity index (χ2n) is 8.20. The maximum atomic E-state index is 13.8. The number of nitrogens with zero attached hydrogens (tertiary/aromatic N) is 6. The Bertz CT molecular complexity index is 1350. The maximum absolute atomic E-state index is 13.8. The number of imidazole rings is 1. The number of benzene rings is 1. The highest BCUT2D eigenvalue weighted by atomic mass is 19.2. The van der Waals surface area contributed by atoms with Crippen molar-refractivity contribution in [2.75, 3.05) is 0 Å². The van der Waals surface area contributed by atoms with Crippen molar-refractivity contribution in [3.63, 3.8) is 0 Å². The fourth-order valence-corrected chi connectivity index (χ4v) is 4.18. The number of aromatic nitrogens is 6. The highest BCUT2D eigenvalue weighted by Crippen LogP contribution is 2.33. The molecule has 168 valence electrons. The molecule has 4 heterocycles. The van der Waals surface area contributed by atoms with E-state index in [0.29, 0.717) is 30.2 Å². The third-order valence-electron chi connectivity index (χ3n) is 5.80. The predicted molar refractivity (Wildman–Crippen MR) is 117 cm³/mol. The van der Waals surface area contributed by atoms with Crippen molar-refractivity contribution in [1.29, 1.82) is 0 Å². The van der Waals surface area contributed by atoms with Gasteiger partial charge in [0.2, 0.25) is 0 Å². The van der Waals surface area contributed by atoms with Crippen LogP contribution in [0.15, 0.2) is 36.9 Å². The zero-order valence-electron chi connectivity index (χ0n) is 18.1. The van der Waals surface area contributed by atoms with Crippen LogP contribution < -0.4 is 0 Å². The van der Waals surface area contributed by atoms with E-state index in [1.165, 1.54) is 0 Å². The minimum Gasteiger partial charge on any atom is -0.304 e. The Kier molecular flexibility index (Phi) is 5.32. The molecule has 0 spiro atoms. The van der Waals surface area contributed by atoms with Gasteiger partial charge in [-0.3, -0.25) is 4.98 Å². The Balaban J connectivity index is 1.40. The summed E-state index contributed by atoms with van der Waals surface area (Å²) in [6, 6.07) is 4.04. The first-order valence-corrected chi connectivity index (χ1v) is 10.6. The Labute approximate surface area is 188 Å². The molecule has 0 amide bonds. The summed E-state index contributed by atoms with van der Waals surface area (Å²) in [5, 5.41) is 4.51. The molecule has 0 saturated heterocycles. The number of rotatable bonds is 4. The Morgan fingerprint density at radius 2 is 1.82 bits per heavy atom. The molecular formula is C24H21F3N6. The summed E-state index contributed by atoms with van der Waals surface area (Å²) in [7, 11) is 0. The largest absolute Gasteiger partial charge is 0.304 e. The molecule has 0 radical (unpaired) electrons. The minimum atomic E-state index is -1.46. The fraction of sp³-hybridized carbons (Fsp3) is 0.250. The smallest absolute Gasteiger partial charge is 0.194 e. The first kappa shape index (κ1) is 21.1. The lowest BCUT2D eigenvalue weighted by Gasteiger charge is -2.22. The molecule has 4 aromatic rings. The third-order valence-corrected chi connectivity index (χ3v) is 5.80. The zero-order valence-corrected chi connectivity index (χ0v) is 18.1. The Morgan fingerprint density at radius 1 is 1.03 bits per heavy atom. The minimum absolute atomic E-state index is 0.351. The molecule has 0 saturated carbocycles. The molecule has 6 nitrogen and oxygen atoms in total. The van der Waals surface area contributed by atoms with Gasteiger partial charge in [-0.15, -0.1) is 0 Å². The highest BCUT2D eigenvalue weighted by Gasteiger charge is 2.27. The van der Waals surface area contributed by atoms with Gasteiger partial charge in [0.15, 0.2) is 23.3 Å². The summed E-state index contributed by atoms with van der Waals surface area (Å²) in [6.45, 7) is 4.60. The van der Waals surface area contributed by atoms with Gasteiger partial charge < -0.3 is 4.57 Å². The normalized spacial score (nSPS) is 15.8. The summed E-state index contributed by atoms with van der Waals surface area (Å²) in [5.74, 6) is -3.11. The van der Waals surface area contributed by atoms with Gasteiger partial charge in [0.05, 0.1) is 29.6 Å². The van der Waals surface area contributed by atoms with E-state index in [9.17, 15) is 13.2 Å². The van der Waals surface area contributed by atoms with Crippen molar-refractivity contribution in [3.05, 3.63) is 88.5 Å². The number of pyridine rings is 1. The molecule has 0 unspecified atom stereocenters. The molecule has 33 heavy (non-hydrogen) atoms. The molecule has 1 aromatic carbocycles. The second kappa shape index (κ2) is 8.31. The summed E-state index contributed by atoms with van der Waals surface area (Å²) < 4.78 is 44.6. The van der Waals surface area contributed by atoms with Crippen molar-refractivity contribution >= 4 is 12.2 Å². The maximum Gasteiger partial charge on any atom is 0.194 e. The van der Waals surface area contributed by atoms with Gasteiger partial charge in [-0.1, -0.05) is 0 Å². The lowest BCUT2D eigenvalue weighted by Crippen LogP contribution is -2.18. The van der Waals surface area contributed by atoms with Crippen LogP contribution >= 0.6 is 0 Å². The van der Waals surface area contributed by atoms with Crippen LogP contribution in [0.4, 0.5) is 13.2 Å². The summed E-state index contributed by atoms with van der Waals surface area (Å²) >= 11 is 0. The fourth-order valence-electron chi connectivity index (χ4n) is 4.18. The van der Waals surface area contributed by atoms with Crippen LogP contribution in [0.1, 0.15) is 52.9 Å². The number of fused-ring (bicyclic) bond motifs is 1. The van der Waals surface area contributed by atoms with Crippen molar-refractivity contribution in [2.24, 2.45) is 0 Å². The summed E-state index contributed by atoms with van der Waals surface area (Å²) in [6.07, 6.45) is 10.5. The van der Waals surface area contributed by atoms with Gasteiger partial charge in [-0.05, 0) is 68.2 Å². The number of aryl methyl sites for hydroxylation is 3. The van der Waals surface area contributed by atoms with Crippen molar-refractivity contribution in [2.45, 2.75) is 39.2 Å². The molecule has 9 heteroatoms. The van der Waals surface area contributed by atoms with Crippen LogP contribution in [-0.2, 0) is 6.54 Å². The van der Waals surface area contributed by atoms with E-state index in [-0.39, 0.29) is 5.92 Å². The molecule has 0 aliphatic carbocycles. The average Bonchev–Trinajstić information content (AvgIpc) is 3.41. The standard InChI is InChI=1S/C24H21F3N6/c1-14-8-17(28-11-21(14)32-12-15(2)29-13-32)5-6-22-30-24-18(4-3-7-33(24)31-22)16-9-19(25)23(27)20(26)10-16/h5-6,8-13,18H,3-4,7H2,1-2H3/b6-5+/t18-/m1/s1. The van der Waals surface area contributed by atoms with Gasteiger partial charge in [0.25, 0.3) is 0 Å². The van der Waals surface area contributed by atoms with Crippen LogP contribution in [0.3, 0.4) is 0 Å². The Hall–Kier alpha value is -3.75. The summed E-state index contributed by atoms with van der Waals surface area (Å²) in [4.78, 5) is 13.3. The van der Waals surface area contributed by atoms with E-state index in [1.807, 2.05) is 36.8 Å². The molecule has 3 aromatic heterocycles. The van der Waals surface area contributed by atoms with Crippen LogP contribution in [0, 0.1) is 31.3 Å². The Morgan fingerprint density at radius 3 is 2.52 bits per heavy atom. The van der Waals surface area contributed by atoms with Crippen molar-refractivity contribution in [3.8, 4) is 5.69 Å². The summed E-state index contributed by atoms with van der Waals surface area (Å²) in [5.41, 5.74) is 4.03. The van der Waals surface area contributed by atoms with E-state index in [2.05, 4.69) is 20.1 Å². The third kappa shape index (κ3) is 4.06. The SMILES string of the molecule is Cc1cn(-c2cnc(/C=C/c3nc4n(n3)CCC[C@@H]4c3cc(F)c(F)c(F)c3)cc2C)cn1. The van der Waals surface area contributed by atoms with E-state index in [4.69, 9.17) is 0 Å². The van der Waals surface area contributed by atoms with Crippen LogP contribution in [0.25, 0.3) is 17.8 Å². The zero-order chi connectivity index (χ0) is 23.1.